The fourth-order valence-electron chi connectivity index (χ4n) is 1.81. The van der Waals surface area contributed by atoms with Crippen LogP contribution in [0.5, 0.6) is 5.75 Å². The molecule has 2 rings (SSSR count). The molecular formula is C14H13LiO2. The van der Waals surface area contributed by atoms with Crippen molar-refractivity contribution in [3.63, 3.8) is 0 Å². The summed E-state index contributed by atoms with van der Waals surface area (Å²) in [5, 5.41) is 0. The van der Waals surface area contributed by atoms with Crippen molar-refractivity contribution in [1.29, 1.82) is 0 Å². The van der Waals surface area contributed by atoms with Gasteiger partial charge in [-0.2, -0.15) is 0 Å². The molecule has 82 valence electrons. The molecule has 0 saturated heterocycles. The predicted octanol–water partition coefficient (Wildman–Crippen LogP) is 2.13. The van der Waals surface area contributed by atoms with Gasteiger partial charge in [-0.05, 0) is 0 Å². The van der Waals surface area contributed by atoms with E-state index in [1.165, 1.54) is 0 Å². The molecule has 2 aromatic rings. The molecule has 0 radical (unpaired) electrons. The van der Waals surface area contributed by atoms with Crippen LogP contribution >= 0.6 is 0 Å². The Balaban J connectivity index is 2.43. The van der Waals surface area contributed by atoms with Crippen LogP contribution in [-0.2, 0) is 4.74 Å². The summed E-state index contributed by atoms with van der Waals surface area (Å²) in [5.41, 5.74) is 2.25. The number of methoxy groups -OCH3 is 1. The number of hydrogen-bond acceptors (Lipinski definition) is 2. The van der Waals surface area contributed by atoms with Crippen molar-refractivity contribution in [2.45, 2.75) is 0 Å². The molecule has 3 heteroatoms. The van der Waals surface area contributed by atoms with E-state index in [1.807, 2.05) is 48.0 Å². The normalized spacial score (nSPS) is 10.3. The average molecular weight is 220 g/mol. The van der Waals surface area contributed by atoms with E-state index in [1.54, 1.807) is 7.11 Å². The van der Waals surface area contributed by atoms with E-state index < -0.39 is 0 Å². The molecular weight excluding hydrogens is 207 g/mol. The van der Waals surface area contributed by atoms with E-state index in [9.17, 15) is 0 Å². The molecule has 0 aliphatic heterocycles. The second kappa shape index (κ2) is 5.93. The predicted molar refractivity (Wildman–Crippen MR) is 69.8 cm³/mol. The van der Waals surface area contributed by atoms with Gasteiger partial charge in [-0.3, -0.25) is 0 Å². The third-order valence-corrected chi connectivity index (χ3v) is 2.62. The number of hydrogen-bond donors (Lipinski definition) is 0. The van der Waals surface area contributed by atoms with Gasteiger partial charge in [-0.25, -0.2) is 0 Å². The number of rotatable bonds is 4. The third-order valence-electron chi connectivity index (χ3n) is 2.62. The summed E-state index contributed by atoms with van der Waals surface area (Å²) in [6.07, 6.45) is 0. The quantitative estimate of drug-likeness (QED) is 0.580. The van der Waals surface area contributed by atoms with Crippen molar-refractivity contribution in [2.24, 2.45) is 0 Å². The van der Waals surface area contributed by atoms with Gasteiger partial charge in [0.1, 0.15) is 0 Å². The van der Waals surface area contributed by atoms with Crippen molar-refractivity contribution >= 4 is 22.0 Å². The minimum atomic E-state index is 0.269. The fourth-order valence-corrected chi connectivity index (χ4v) is 1.81. The standard InChI is InChI=1S/C14H13O2.Li/c1-15-11-16-14-10-6-5-9-13(14)12-7-3-2-4-8-12;/h2-9H,11H2,1H3;. The number of benzene rings is 2. The van der Waals surface area contributed by atoms with E-state index in [0.717, 1.165) is 21.1 Å². The zero-order valence-electron chi connectivity index (χ0n) is 10.1. The maximum absolute atomic E-state index is 5.65. The molecule has 0 amide bonds. The van der Waals surface area contributed by atoms with E-state index in [0.29, 0.717) is 0 Å². The number of para-hydroxylation sites is 1. The van der Waals surface area contributed by atoms with Gasteiger partial charge in [-0.15, -0.1) is 0 Å². The van der Waals surface area contributed by atoms with Crippen LogP contribution in [0.4, 0.5) is 0 Å². The number of ether oxygens (including phenoxy) is 2. The van der Waals surface area contributed by atoms with Crippen LogP contribution in [0.25, 0.3) is 11.1 Å². The molecule has 0 bridgehead atoms. The Bertz CT molecular complexity index is 483. The molecule has 17 heavy (non-hydrogen) atoms. The second-order valence-corrected chi connectivity index (χ2v) is 3.87. The van der Waals surface area contributed by atoms with Crippen molar-refractivity contribution in [1.82, 2.24) is 0 Å². The molecule has 0 N–H and O–H groups in total. The molecule has 0 heterocycles. The molecule has 0 saturated carbocycles. The summed E-state index contributed by atoms with van der Waals surface area (Å²) in [6.45, 7) is 0.269. The molecule has 0 aliphatic rings. The van der Waals surface area contributed by atoms with E-state index in [4.69, 9.17) is 9.47 Å². The second-order valence-electron chi connectivity index (χ2n) is 3.87. The molecule has 0 aliphatic carbocycles. The zero-order chi connectivity index (χ0) is 12.1. The van der Waals surface area contributed by atoms with E-state index >= 15 is 0 Å². The average Bonchev–Trinajstić information content (AvgIpc) is 2.38. The molecule has 0 spiro atoms. The first-order valence-electron chi connectivity index (χ1n) is 5.59. The first-order valence-corrected chi connectivity index (χ1v) is 5.59. The van der Waals surface area contributed by atoms with Crippen LogP contribution in [0.3, 0.4) is 0 Å². The van der Waals surface area contributed by atoms with E-state index in [2.05, 4.69) is 18.2 Å². The first-order chi connectivity index (χ1) is 8.33. The topological polar surface area (TPSA) is 18.5 Å². The van der Waals surface area contributed by atoms with Gasteiger partial charge < -0.3 is 0 Å². The Labute approximate surface area is 111 Å². The van der Waals surface area contributed by atoms with Crippen molar-refractivity contribution in [2.75, 3.05) is 13.9 Å². The Kier molecular flexibility index (Phi) is 4.28. The molecule has 0 unspecified atom stereocenters. The Hall–Kier alpha value is -1.20. The van der Waals surface area contributed by atoms with Gasteiger partial charge >= 0.3 is 111 Å². The van der Waals surface area contributed by atoms with Crippen LogP contribution in [0, 0.1) is 0 Å². The van der Waals surface area contributed by atoms with E-state index in [-0.39, 0.29) is 6.79 Å². The van der Waals surface area contributed by atoms with Crippen LogP contribution in [-0.4, -0.2) is 31.6 Å². The van der Waals surface area contributed by atoms with Gasteiger partial charge in [-0.1, -0.05) is 0 Å². The van der Waals surface area contributed by atoms with Crippen LogP contribution < -0.4 is 8.97 Å². The summed E-state index contributed by atoms with van der Waals surface area (Å²) in [6, 6.07) is 16.4. The van der Waals surface area contributed by atoms with Gasteiger partial charge in [0.05, 0.1) is 0 Å². The molecule has 2 aromatic carbocycles. The minimum absolute atomic E-state index is 0.269. The molecule has 2 nitrogen and oxygen atoms in total. The zero-order valence-corrected chi connectivity index (χ0v) is 10.1. The summed E-state index contributed by atoms with van der Waals surface area (Å²) >= 11 is 2.04. The SMILES string of the molecule is [Li][c]1cccc(-c2ccccc2)c1OCOC. The molecule has 0 atom stereocenters. The molecule has 0 fully saturated rings. The van der Waals surface area contributed by atoms with Gasteiger partial charge in [0.2, 0.25) is 0 Å². The Morgan fingerprint density at radius 1 is 1.00 bits per heavy atom. The Morgan fingerprint density at radius 3 is 2.47 bits per heavy atom. The van der Waals surface area contributed by atoms with Gasteiger partial charge in [0, 0.05) is 0 Å². The van der Waals surface area contributed by atoms with Crippen LogP contribution in [0.1, 0.15) is 0 Å². The summed E-state index contributed by atoms with van der Waals surface area (Å²) < 4.78 is 11.7. The third kappa shape index (κ3) is 2.92. The van der Waals surface area contributed by atoms with Crippen molar-refractivity contribution < 1.29 is 9.47 Å². The van der Waals surface area contributed by atoms with Crippen molar-refractivity contribution in [3.8, 4) is 16.9 Å². The summed E-state index contributed by atoms with van der Waals surface area (Å²) in [7, 11) is 1.63. The fraction of sp³-hybridized carbons (Fsp3) is 0.143. The van der Waals surface area contributed by atoms with Gasteiger partial charge in [0.25, 0.3) is 0 Å². The van der Waals surface area contributed by atoms with Crippen molar-refractivity contribution in [3.05, 3.63) is 48.5 Å². The van der Waals surface area contributed by atoms with Crippen LogP contribution in [0.15, 0.2) is 48.5 Å². The van der Waals surface area contributed by atoms with Gasteiger partial charge in [0.15, 0.2) is 0 Å². The monoisotopic (exact) mass is 220 g/mol. The first kappa shape index (κ1) is 12.3. The maximum atomic E-state index is 5.65. The summed E-state index contributed by atoms with van der Waals surface area (Å²) in [5.74, 6) is 0.889. The molecule has 0 aromatic heterocycles. The van der Waals surface area contributed by atoms with Crippen LogP contribution in [0.2, 0.25) is 0 Å². The summed E-state index contributed by atoms with van der Waals surface area (Å²) in [4.78, 5) is 0. The Morgan fingerprint density at radius 2 is 1.76 bits per heavy atom.